The zero-order valence-electron chi connectivity index (χ0n) is 16.5. The van der Waals surface area contributed by atoms with E-state index >= 15 is 0 Å². The molecular weight excluding hydrogens is 364 g/mol. The van der Waals surface area contributed by atoms with Crippen LogP contribution in [0.3, 0.4) is 0 Å². The highest BCUT2D eigenvalue weighted by molar-refractivity contribution is 7.88. The van der Waals surface area contributed by atoms with Crippen molar-refractivity contribution in [3.05, 3.63) is 59.2 Å². The highest BCUT2D eigenvalue weighted by Crippen LogP contribution is 2.31. The molecule has 148 valence electrons. The Balaban J connectivity index is 2.14. The number of ether oxygens (including phenoxy) is 2. The highest BCUT2D eigenvalue weighted by Gasteiger charge is 2.20. The lowest BCUT2D eigenvalue weighted by molar-refractivity contribution is 0.297. The molecule has 0 saturated heterocycles. The first kappa shape index (κ1) is 21.2. The van der Waals surface area contributed by atoms with E-state index in [0.717, 1.165) is 16.7 Å². The van der Waals surface area contributed by atoms with Crippen LogP contribution in [0.2, 0.25) is 0 Å². The molecule has 0 spiro atoms. The third-order valence-electron chi connectivity index (χ3n) is 4.35. The Morgan fingerprint density at radius 2 is 1.74 bits per heavy atom. The van der Waals surface area contributed by atoms with Gasteiger partial charge < -0.3 is 14.4 Å². The van der Waals surface area contributed by atoms with Crippen molar-refractivity contribution in [3.8, 4) is 11.5 Å². The first-order chi connectivity index (χ1) is 12.8. The Labute approximate surface area is 162 Å². The summed E-state index contributed by atoms with van der Waals surface area (Å²) in [6.45, 7) is 2.21. The van der Waals surface area contributed by atoms with Crippen molar-refractivity contribution in [1.29, 1.82) is 0 Å². The van der Waals surface area contributed by atoms with Crippen LogP contribution in [-0.2, 0) is 15.8 Å². The molecule has 0 amide bonds. The van der Waals surface area contributed by atoms with Crippen LogP contribution in [0.25, 0.3) is 0 Å². The molecule has 2 rings (SSSR count). The van der Waals surface area contributed by atoms with Crippen molar-refractivity contribution >= 4 is 10.0 Å². The van der Waals surface area contributed by atoms with Gasteiger partial charge in [0.15, 0.2) is 11.5 Å². The fraction of sp³-hybridized carbons (Fsp3) is 0.400. The van der Waals surface area contributed by atoms with Gasteiger partial charge in [-0.05, 0) is 44.3 Å². The van der Waals surface area contributed by atoms with Gasteiger partial charge in [0.2, 0.25) is 10.0 Å². The van der Waals surface area contributed by atoms with E-state index in [-0.39, 0.29) is 18.3 Å². The normalized spacial score (nSPS) is 12.8. The molecule has 1 N–H and O–H groups in total. The Kier molecular flexibility index (Phi) is 7.24. The number of nitrogens with one attached hydrogen (secondary N) is 1. The second-order valence-corrected chi connectivity index (χ2v) is 8.50. The summed E-state index contributed by atoms with van der Waals surface area (Å²) in [6, 6.07) is 13.0. The zero-order valence-corrected chi connectivity index (χ0v) is 17.3. The number of nitrogens with zero attached hydrogens (tertiary/aromatic N) is 1. The Morgan fingerprint density at radius 3 is 2.33 bits per heavy atom. The van der Waals surface area contributed by atoms with E-state index in [1.807, 2.05) is 68.4 Å². The van der Waals surface area contributed by atoms with Crippen LogP contribution in [-0.4, -0.2) is 48.2 Å². The Morgan fingerprint density at radius 1 is 1.04 bits per heavy atom. The summed E-state index contributed by atoms with van der Waals surface area (Å²) in [6.07, 6.45) is 0. The van der Waals surface area contributed by atoms with Crippen LogP contribution < -0.4 is 14.2 Å². The lowest BCUT2D eigenvalue weighted by Crippen LogP contribution is -2.35. The molecule has 0 saturated carbocycles. The summed E-state index contributed by atoms with van der Waals surface area (Å²) in [5.74, 6) is 1.21. The molecule has 0 aliphatic heterocycles. The maximum absolute atomic E-state index is 12.5. The van der Waals surface area contributed by atoms with E-state index < -0.39 is 10.0 Å². The quantitative estimate of drug-likeness (QED) is 0.711. The van der Waals surface area contributed by atoms with E-state index in [1.54, 1.807) is 14.2 Å². The molecule has 1 atom stereocenters. The van der Waals surface area contributed by atoms with Crippen molar-refractivity contribution in [3.63, 3.8) is 0 Å². The first-order valence-corrected chi connectivity index (χ1v) is 10.3. The predicted molar refractivity (Wildman–Crippen MR) is 108 cm³/mol. The molecule has 2 aromatic carbocycles. The fourth-order valence-electron chi connectivity index (χ4n) is 2.94. The van der Waals surface area contributed by atoms with Gasteiger partial charge in [-0.1, -0.05) is 35.9 Å². The van der Waals surface area contributed by atoms with Gasteiger partial charge in [0.1, 0.15) is 0 Å². The minimum absolute atomic E-state index is 0.0409. The fourth-order valence-corrected chi connectivity index (χ4v) is 4.07. The van der Waals surface area contributed by atoms with Gasteiger partial charge >= 0.3 is 0 Å². The van der Waals surface area contributed by atoms with Crippen LogP contribution in [0.1, 0.15) is 22.7 Å². The van der Waals surface area contributed by atoms with E-state index in [1.165, 1.54) is 0 Å². The highest BCUT2D eigenvalue weighted by atomic mass is 32.2. The van der Waals surface area contributed by atoms with E-state index in [2.05, 4.69) is 4.72 Å². The molecule has 2 aromatic rings. The van der Waals surface area contributed by atoms with Crippen LogP contribution in [0.5, 0.6) is 11.5 Å². The maximum Gasteiger partial charge on any atom is 0.215 e. The van der Waals surface area contributed by atoms with E-state index in [0.29, 0.717) is 11.5 Å². The van der Waals surface area contributed by atoms with E-state index in [9.17, 15) is 8.42 Å². The summed E-state index contributed by atoms with van der Waals surface area (Å²) in [7, 11) is 3.54. The molecule has 7 heteroatoms. The first-order valence-electron chi connectivity index (χ1n) is 8.67. The zero-order chi connectivity index (χ0) is 20.0. The van der Waals surface area contributed by atoms with Crippen LogP contribution in [0.15, 0.2) is 42.5 Å². The summed E-state index contributed by atoms with van der Waals surface area (Å²) >= 11 is 0. The Bertz CT molecular complexity index is 866. The molecule has 0 bridgehead atoms. The SMILES string of the molecule is COc1ccc(C(CNS(=O)(=O)Cc2cccc(C)c2)N(C)C)cc1OC. The number of rotatable bonds is 9. The molecule has 0 fully saturated rings. The van der Waals surface area contributed by atoms with Crippen LogP contribution in [0, 0.1) is 6.92 Å². The summed E-state index contributed by atoms with van der Waals surface area (Å²) in [5.41, 5.74) is 2.75. The van der Waals surface area contributed by atoms with Crippen molar-refractivity contribution in [1.82, 2.24) is 9.62 Å². The molecule has 27 heavy (non-hydrogen) atoms. The molecule has 6 nitrogen and oxygen atoms in total. The topological polar surface area (TPSA) is 67.9 Å². The van der Waals surface area contributed by atoms with Crippen molar-refractivity contribution in [2.75, 3.05) is 34.9 Å². The van der Waals surface area contributed by atoms with Gasteiger partial charge in [-0.15, -0.1) is 0 Å². The molecule has 0 aromatic heterocycles. The predicted octanol–water partition coefficient (Wildman–Crippen LogP) is 2.73. The summed E-state index contributed by atoms with van der Waals surface area (Å²) in [4.78, 5) is 1.97. The molecule has 0 radical (unpaired) electrons. The number of methoxy groups -OCH3 is 2. The van der Waals surface area contributed by atoms with Crippen LogP contribution >= 0.6 is 0 Å². The molecular formula is C20H28N2O4S. The van der Waals surface area contributed by atoms with Gasteiger partial charge in [0, 0.05) is 12.6 Å². The Hall–Kier alpha value is -2.09. The van der Waals surface area contributed by atoms with Gasteiger partial charge in [-0.3, -0.25) is 0 Å². The largest absolute Gasteiger partial charge is 0.493 e. The second kappa shape index (κ2) is 9.21. The van der Waals surface area contributed by atoms with Gasteiger partial charge in [0.05, 0.1) is 20.0 Å². The number of sulfonamides is 1. The molecule has 0 heterocycles. The molecule has 1 unspecified atom stereocenters. The average Bonchev–Trinajstić information content (AvgIpc) is 2.60. The summed E-state index contributed by atoms with van der Waals surface area (Å²) in [5, 5.41) is 0. The molecule has 0 aliphatic carbocycles. The maximum atomic E-state index is 12.5. The summed E-state index contributed by atoms with van der Waals surface area (Å²) < 4.78 is 38.4. The minimum atomic E-state index is -3.45. The lowest BCUT2D eigenvalue weighted by atomic mass is 10.1. The average molecular weight is 393 g/mol. The monoisotopic (exact) mass is 392 g/mol. The van der Waals surface area contributed by atoms with Crippen molar-refractivity contribution < 1.29 is 17.9 Å². The number of likely N-dealkylation sites (N-methyl/N-ethyl adjacent to an activating group) is 1. The van der Waals surface area contributed by atoms with E-state index in [4.69, 9.17) is 9.47 Å². The standard InChI is InChI=1S/C20H28N2O4S/c1-15-7-6-8-16(11-15)14-27(23,24)21-13-18(22(2)3)17-9-10-19(25-4)20(12-17)26-5/h6-12,18,21H,13-14H2,1-5H3. The third kappa shape index (κ3) is 5.95. The minimum Gasteiger partial charge on any atom is -0.493 e. The number of hydrogen-bond donors (Lipinski definition) is 1. The third-order valence-corrected chi connectivity index (χ3v) is 5.67. The second-order valence-electron chi connectivity index (χ2n) is 6.69. The van der Waals surface area contributed by atoms with Crippen LogP contribution in [0.4, 0.5) is 0 Å². The smallest absolute Gasteiger partial charge is 0.215 e. The van der Waals surface area contributed by atoms with Gasteiger partial charge in [-0.25, -0.2) is 13.1 Å². The lowest BCUT2D eigenvalue weighted by Gasteiger charge is -2.26. The number of hydrogen-bond acceptors (Lipinski definition) is 5. The number of benzene rings is 2. The van der Waals surface area contributed by atoms with Crippen molar-refractivity contribution in [2.24, 2.45) is 0 Å². The van der Waals surface area contributed by atoms with Crippen molar-refractivity contribution in [2.45, 2.75) is 18.7 Å². The van der Waals surface area contributed by atoms with Gasteiger partial charge in [0.25, 0.3) is 0 Å². The molecule has 0 aliphatic rings. The van der Waals surface area contributed by atoms with Gasteiger partial charge in [-0.2, -0.15) is 0 Å². The number of aryl methyl sites for hydroxylation is 1.